The number of nitrogens with zero attached hydrogens (tertiary/aromatic N) is 1. The first-order valence-electron chi connectivity index (χ1n) is 6.40. The van der Waals surface area contributed by atoms with Crippen molar-refractivity contribution in [1.82, 2.24) is 0 Å². The number of hydrogen-bond donors (Lipinski definition) is 1. The monoisotopic (exact) mass is 267 g/mol. The van der Waals surface area contributed by atoms with Crippen LogP contribution in [0.15, 0.2) is 18.2 Å². The summed E-state index contributed by atoms with van der Waals surface area (Å²) in [6.45, 7) is 6.19. The van der Waals surface area contributed by atoms with Gasteiger partial charge in [-0.25, -0.2) is 4.39 Å². The third-order valence-corrected chi connectivity index (χ3v) is 3.21. The third kappa shape index (κ3) is 4.03. The van der Waals surface area contributed by atoms with Crippen molar-refractivity contribution in [1.29, 1.82) is 0 Å². The second-order valence-electron chi connectivity index (χ2n) is 5.68. The number of anilines is 1. The van der Waals surface area contributed by atoms with Gasteiger partial charge in [0.05, 0.1) is 11.3 Å². The number of benzene rings is 1. The number of carbonyl (C=O) groups is 1. The lowest BCUT2D eigenvalue weighted by Gasteiger charge is -2.32. The van der Waals surface area contributed by atoms with E-state index in [4.69, 9.17) is 5.11 Å². The molecule has 0 spiro atoms. The van der Waals surface area contributed by atoms with Crippen LogP contribution in [0.5, 0.6) is 0 Å². The summed E-state index contributed by atoms with van der Waals surface area (Å²) in [6.07, 6.45) is 0.655. The van der Waals surface area contributed by atoms with Gasteiger partial charge in [-0.3, -0.25) is 4.79 Å². The Balaban J connectivity index is 3.03. The molecule has 1 N–H and O–H groups in total. The van der Waals surface area contributed by atoms with Crippen LogP contribution in [0.1, 0.15) is 37.6 Å². The van der Waals surface area contributed by atoms with E-state index in [1.54, 1.807) is 12.1 Å². The second-order valence-corrected chi connectivity index (χ2v) is 5.68. The van der Waals surface area contributed by atoms with E-state index < -0.39 is 5.82 Å². The summed E-state index contributed by atoms with van der Waals surface area (Å²) >= 11 is 0. The fourth-order valence-corrected chi connectivity index (χ4v) is 2.29. The molecule has 0 fully saturated rings. The lowest BCUT2D eigenvalue weighted by molar-refractivity contribution is 0.101. The van der Waals surface area contributed by atoms with Crippen LogP contribution in [0.3, 0.4) is 0 Å². The lowest BCUT2D eigenvalue weighted by atomic mass is 9.89. The van der Waals surface area contributed by atoms with Crippen molar-refractivity contribution in [3.8, 4) is 0 Å². The molecule has 0 saturated heterocycles. The number of hydrogen-bond acceptors (Lipinski definition) is 3. The Morgan fingerprint density at radius 2 is 2.05 bits per heavy atom. The molecule has 0 amide bonds. The molecule has 0 bridgehead atoms. The average Bonchev–Trinajstić information content (AvgIpc) is 2.27. The van der Waals surface area contributed by atoms with Crippen LogP contribution in [-0.4, -0.2) is 31.1 Å². The number of halogens is 1. The summed E-state index contributed by atoms with van der Waals surface area (Å²) in [4.78, 5) is 13.4. The minimum atomic E-state index is -0.489. The predicted octanol–water partition coefficient (Wildman–Crippen LogP) is 2.87. The van der Waals surface area contributed by atoms with E-state index in [-0.39, 0.29) is 23.4 Å². The molecule has 106 valence electrons. The zero-order valence-corrected chi connectivity index (χ0v) is 12.0. The van der Waals surface area contributed by atoms with Crippen LogP contribution < -0.4 is 4.90 Å². The third-order valence-electron chi connectivity index (χ3n) is 3.21. The van der Waals surface area contributed by atoms with Crippen molar-refractivity contribution in [2.75, 3.05) is 25.1 Å². The Kier molecular flexibility index (Phi) is 5.06. The van der Waals surface area contributed by atoms with Crippen molar-refractivity contribution in [3.63, 3.8) is 0 Å². The smallest absolute Gasteiger partial charge is 0.164 e. The molecule has 0 aliphatic carbocycles. The summed E-state index contributed by atoms with van der Waals surface area (Å²) in [7, 11) is 1.83. The van der Waals surface area contributed by atoms with E-state index >= 15 is 0 Å². The molecule has 1 rings (SSSR count). The summed E-state index contributed by atoms with van der Waals surface area (Å²) in [5.41, 5.74) is 0.618. The lowest BCUT2D eigenvalue weighted by Crippen LogP contribution is -2.33. The molecule has 0 unspecified atom stereocenters. The highest BCUT2D eigenvalue weighted by atomic mass is 19.1. The molecular weight excluding hydrogens is 245 g/mol. The van der Waals surface area contributed by atoms with E-state index in [0.717, 1.165) is 0 Å². The van der Waals surface area contributed by atoms with Gasteiger partial charge in [-0.1, -0.05) is 19.9 Å². The first-order chi connectivity index (χ1) is 8.78. The first-order valence-corrected chi connectivity index (χ1v) is 6.40. The van der Waals surface area contributed by atoms with Gasteiger partial charge in [-0.15, -0.1) is 0 Å². The van der Waals surface area contributed by atoms with Gasteiger partial charge in [-0.05, 0) is 30.9 Å². The Labute approximate surface area is 114 Å². The first kappa shape index (κ1) is 15.6. The van der Waals surface area contributed by atoms with Crippen LogP contribution in [0.25, 0.3) is 0 Å². The predicted molar refractivity (Wildman–Crippen MR) is 75.2 cm³/mol. The maximum Gasteiger partial charge on any atom is 0.164 e. The van der Waals surface area contributed by atoms with Crippen molar-refractivity contribution in [2.24, 2.45) is 5.41 Å². The molecule has 1 aromatic rings. The summed E-state index contributed by atoms with van der Waals surface area (Å²) in [5, 5.41) is 9.04. The molecule has 4 heteroatoms. The van der Waals surface area contributed by atoms with Crippen molar-refractivity contribution >= 4 is 11.5 Å². The van der Waals surface area contributed by atoms with Crippen molar-refractivity contribution in [3.05, 3.63) is 29.6 Å². The average molecular weight is 267 g/mol. The number of ketones is 1. The van der Waals surface area contributed by atoms with E-state index in [9.17, 15) is 9.18 Å². The normalized spacial score (nSPS) is 11.5. The SMILES string of the molecule is CC(=O)c1c(F)cccc1N(C)CC(C)(C)CCO. The van der Waals surface area contributed by atoms with Crippen LogP contribution in [0, 0.1) is 11.2 Å². The topological polar surface area (TPSA) is 40.5 Å². The van der Waals surface area contributed by atoms with Gasteiger partial charge >= 0.3 is 0 Å². The number of rotatable bonds is 6. The minimum Gasteiger partial charge on any atom is -0.396 e. The molecule has 0 aromatic heterocycles. The summed E-state index contributed by atoms with van der Waals surface area (Å²) < 4.78 is 13.8. The van der Waals surface area contributed by atoms with Crippen molar-refractivity contribution in [2.45, 2.75) is 27.2 Å². The molecule has 0 atom stereocenters. The molecule has 0 aliphatic rings. The van der Waals surface area contributed by atoms with E-state index in [2.05, 4.69) is 0 Å². The van der Waals surface area contributed by atoms with Crippen LogP contribution in [-0.2, 0) is 0 Å². The zero-order valence-electron chi connectivity index (χ0n) is 12.0. The fraction of sp³-hybridized carbons (Fsp3) is 0.533. The fourth-order valence-electron chi connectivity index (χ4n) is 2.29. The highest BCUT2D eigenvalue weighted by Gasteiger charge is 2.22. The number of Topliss-reactive ketones (excluding diaryl/α,β-unsaturated/α-hetero) is 1. The summed E-state index contributed by atoms with van der Waals surface area (Å²) in [6, 6.07) is 4.65. The van der Waals surface area contributed by atoms with E-state index in [1.807, 2.05) is 25.8 Å². The number of aliphatic hydroxyl groups is 1. The Morgan fingerprint density at radius 3 is 2.58 bits per heavy atom. The van der Waals surface area contributed by atoms with Gasteiger partial charge in [-0.2, -0.15) is 0 Å². The second kappa shape index (κ2) is 6.15. The van der Waals surface area contributed by atoms with Gasteiger partial charge < -0.3 is 10.0 Å². The van der Waals surface area contributed by atoms with Gasteiger partial charge in [0.25, 0.3) is 0 Å². The largest absolute Gasteiger partial charge is 0.396 e. The van der Waals surface area contributed by atoms with E-state index in [0.29, 0.717) is 18.7 Å². The molecule has 0 saturated carbocycles. The zero-order chi connectivity index (χ0) is 14.6. The molecule has 1 aromatic carbocycles. The quantitative estimate of drug-likeness (QED) is 0.806. The number of carbonyl (C=O) groups excluding carboxylic acids is 1. The van der Waals surface area contributed by atoms with Crippen LogP contribution >= 0.6 is 0 Å². The van der Waals surface area contributed by atoms with Crippen molar-refractivity contribution < 1.29 is 14.3 Å². The Morgan fingerprint density at radius 1 is 1.42 bits per heavy atom. The Bertz CT molecular complexity index is 457. The molecule has 0 radical (unpaired) electrons. The van der Waals surface area contributed by atoms with Gasteiger partial charge in [0.15, 0.2) is 5.78 Å². The van der Waals surface area contributed by atoms with Gasteiger partial charge in [0.1, 0.15) is 5.82 Å². The summed E-state index contributed by atoms with van der Waals surface area (Å²) in [5.74, 6) is -0.767. The molecule has 0 heterocycles. The maximum atomic E-state index is 13.8. The standard InChI is InChI=1S/C15H22FNO2/c1-11(19)14-12(16)6-5-7-13(14)17(4)10-15(2,3)8-9-18/h5-7,18H,8-10H2,1-4H3. The van der Waals surface area contributed by atoms with Crippen LogP contribution in [0.4, 0.5) is 10.1 Å². The van der Waals surface area contributed by atoms with Crippen LogP contribution in [0.2, 0.25) is 0 Å². The molecular formula is C15H22FNO2. The minimum absolute atomic E-state index is 0.107. The van der Waals surface area contributed by atoms with Gasteiger partial charge in [0, 0.05) is 20.2 Å². The van der Waals surface area contributed by atoms with Gasteiger partial charge in [0.2, 0.25) is 0 Å². The van der Waals surface area contributed by atoms with E-state index in [1.165, 1.54) is 13.0 Å². The Hall–Kier alpha value is -1.42. The molecule has 19 heavy (non-hydrogen) atoms. The number of aliphatic hydroxyl groups excluding tert-OH is 1. The molecule has 0 aliphatic heterocycles. The maximum absolute atomic E-state index is 13.8. The molecule has 3 nitrogen and oxygen atoms in total. The highest BCUT2D eigenvalue weighted by Crippen LogP contribution is 2.28. The highest BCUT2D eigenvalue weighted by molar-refractivity contribution is 6.00.